The van der Waals surface area contributed by atoms with E-state index >= 15 is 0 Å². The molecule has 2 rings (SSSR count). The molecule has 1 aliphatic carbocycles. The molecule has 0 heterocycles. The second kappa shape index (κ2) is 3.74. The van der Waals surface area contributed by atoms with Crippen LogP contribution in [0.25, 0.3) is 0 Å². The van der Waals surface area contributed by atoms with Gasteiger partial charge in [-0.1, -0.05) is 6.07 Å². The fourth-order valence-corrected chi connectivity index (χ4v) is 1.94. The number of phenolic OH excluding ortho intramolecular Hbond substituents is 1. The number of hydrogen-bond donors (Lipinski definition) is 2. The van der Waals surface area contributed by atoms with E-state index in [0.29, 0.717) is 12.4 Å². The van der Waals surface area contributed by atoms with Crippen LogP contribution in [0.1, 0.15) is 31.7 Å². The van der Waals surface area contributed by atoms with Crippen LogP contribution < -0.4 is 10.5 Å². The molecule has 3 nitrogen and oxygen atoms in total. The topological polar surface area (TPSA) is 55.5 Å². The van der Waals surface area contributed by atoms with E-state index in [0.717, 1.165) is 18.4 Å². The molecule has 1 saturated carbocycles. The highest BCUT2D eigenvalue weighted by Gasteiger charge is 2.34. The van der Waals surface area contributed by atoms with Crippen LogP contribution in [0.3, 0.4) is 0 Å². The lowest BCUT2D eigenvalue weighted by Crippen LogP contribution is -2.43. The number of aromatic hydroxyl groups is 1. The van der Waals surface area contributed by atoms with Crippen LogP contribution in [0, 0.1) is 0 Å². The molecule has 0 atom stereocenters. The molecule has 0 unspecified atom stereocenters. The lowest BCUT2D eigenvalue weighted by molar-refractivity contribution is 0.251. The van der Waals surface area contributed by atoms with Gasteiger partial charge in [-0.3, -0.25) is 0 Å². The molecular formula is C12H17NO2. The Balaban J connectivity index is 2.29. The second-order valence-corrected chi connectivity index (χ2v) is 4.13. The van der Waals surface area contributed by atoms with Gasteiger partial charge in [0.1, 0.15) is 0 Å². The monoisotopic (exact) mass is 207 g/mol. The number of phenols is 1. The Morgan fingerprint density at radius 3 is 2.73 bits per heavy atom. The quantitative estimate of drug-likeness (QED) is 0.798. The van der Waals surface area contributed by atoms with Gasteiger partial charge in [0.2, 0.25) is 0 Å². The Morgan fingerprint density at radius 2 is 2.20 bits per heavy atom. The minimum absolute atomic E-state index is 0.184. The molecule has 15 heavy (non-hydrogen) atoms. The molecule has 1 aromatic rings. The first-order valence-corrected chi connectivity index (χ1v) is 5.41. The van der Waals surface area contributed by atoms with Gasteiger partial charge in [0.05, 0.1) is 6.61 Å². The zero-order valence-corrected chi connectivity index (χ0v) is 8.99. The van der Waals surface area contributed by atoms with Crippen molar-refractivity contribution in [3.63, 3.8) is 0 Å². The molecule has 0 aliphatic heterocycles. The summed E-state index contributed by atoms with van der Waals surface area (Å²) in [5.41, 5.74) is 7.07. The maximum Gasteiger partial charge on any atom is 0.161 e. The van der Waals surface area contributed by atoms with Gasteiger partial charge in [-0.15, -0.1) is 0 Å². The van der Waals surface area contributed by atoms with Crippen molar-refractivity contribution in [3.05, 3.63) is 23.8 Å². The van der Waals surface area contributed by atoms with Gasteiger partial charge in [-0.05, 0) is 43.9 Å². The minimum atomic E-state index is -0.195. The molecule has 0 radical (unpaired) electrons. The summed E-state index contributed by atoms with van der Waals surface area (Å²) in [6.45, 7) is 2.45. The zero-order valence-electron chi connectivity index (χ0n) is 8.99. The maximum atomic E-state index is 9.56. The van der Waals surface area contributed by atoms with Gasteiger partial charge >= 0.3 is 0 Å². The first-order valence-electron chi connectivity index (χ1n) is 5.41. The molecule has 0 aromatic heterocycles. The summed E-state index contributed by atoms with van der Waals surface area (Å²) in [7, 11) is 0. The fourth-order valence-electron chi connectivity index (χ4n) is 1.94. The van der Waals surface area contributed by atoms with E-state index < -0.39 is 0 Å². The molecule has 82 valence electrons. The van der Waals surface area contributed by atoms with Gasteiger partial charge in [-0.2, -0.15) is 0 Å². The standard InChI is InChI=1S/C12H17NO2/c1-2-15-11-8-9(4-5-10(11)14)12(13)6-3-7-12/h4-5,8,14H,2-3,6-7,13H2,1H3. The molecule has 3 heteroatoms. The zero-order chi connectivity index (χ0) is 10.9. The Kier molecular flexibility index (Phi) is 2.57. The van der Waals surface area contributed by atoms with Crippen molar-refractivity contribution in [2.24, 2.45) is 5.73 Å². The van der Waals surface area contributed by atoms with E-state index in [9.17, 15) is 5.11 Å². The molecule has 1 aliphatic rings. The number of benzene rings is 1. The summed E-state index contributed by atoms with van der Waals surface area (Å²) in [5, 5.41) is 9.56. The highest BCUT2D eigenvalue weighted by Crippen LogP contribution is 2.41. The molecule has 0 spiro atoms. The third-order valence-electron chi connectivity index (χ3n) is 3.08. The summed E-state index contributed by atoms with van der Waals surface area (Å²) >= 11 is 0. The van der Waals surface area contributed by atoms with Gasteiger partial charge in [-0.25, -0.2) is 0 Å². The third kappa shape index (κ3) is 1.79. The summed E-state index contributed by atoms with van der Waals surface area (Å²) in [4.78, 5) is 0. The summed E-state index contributed by atoms with van der Waals surface area (Å²) in [6.07, 6.45) is 3.22. The number of rotatable bonds is 3. The molecule has 0 bridgehead atoms. The summed E-state index contributed by atoms with van der Waals surface area (Å²) in [6, 6.07) is 5.41. The lowest BCUT2D eigenvalue weighted by atomic mass is 9.73. The molecule has 0 saturated heterocycles. The van der Waals surface area contributed by atoms with Crippen LogP contribution in [0.5, 0.6) is 11.5 Å². The molecule has 3 N–H and O–H groups in total. The SMILES string of the molecule is CCOc1cc(C2(N)CCC2)ccc1O. The van der Waals surface area contributed by atoms with Crippen molar-refractivity contribution in [2.75, 3.05) is 6.61 Å². The summed E-state index contributed by atoms with van der Waals surface area (Å²) in [5.74, 6) is 0.718. The van der Waals surface area contributed by atoms with Crippen LogP contribution in [0.4, 0.5) is 0 Å². The minimum Gasteiger partial charge on any atom is -0.504 e. The average Bonchev–Trinajstić information content (AvgIpc) is 2.18. The van der Waals surface area contributed by atoms with E-state index in [-0.39, 0.29) is 11.3 Å². The lowest BCUT2D eigenvalue weighted by Gasteiger charge is -2.38. The van der Waals surface area contributed by atoms with Gasteiger partial charge in [0.25, 0.3) is 0 Å². The van der Waals surface area contributed by atoms with Crippen LogP contribution in [-0.4, -0.2) is 11.7 Å². The normalized spacial score (nSPS) is 18.3. The summed E-state index contributed by atoms with van der Waals surface area (Å²) < 4.78 is 5.34. The Morgan fingerprint density at radius 1 is 1.47 bits per heavy atom. The second-order valence-electron chi connectivity index (χ2n) is 4.13. The van der Waals surface area contributed by atoms with Crippen molar-refractivity contribution in [1.82, 2.24) is 0 Å². The number of nitrogens with two attached hydrogens (primary N) is 1. The van der Waals surface area contributed by atoms with Gasteiger partial charge in [0.15, 0.2) is 11.5 Å². The third-order valence-corrected chi connectivity index (χ3v) is 3.08. The number of ether oxygens (including phenoxy) is 1. The average molecular weight is 207 g/mol. The van der Waals surface area contributed by atoms with E-state index in [2.05, 4.69) is 0 Å². The van der Waals surface area contributed by atoms with Crippen LogP contribution in [-0.2, 0) is 5.54 Å². The van der Waals surface area contributed by atoms with Crippen molar-refractivity contribution in [3.8, 4) is 11.5 Å². The van der Waals surface area contributed by atoms with Crippen molar-refractivity contribution in [1.29, 1.82) is 0 Å². The van der Waals surface area contributed by atoms with Gasteiger partial charge < -0.3 is 15.6 Å². The molecule has 1 aromatic carbocycles. The van der Waals surface area contributed by atoms with Crippen molar-refractivity contribution >= 4 is 0 Å². The first-order chi connectivity index (χ1) is 7.15. The Labute approximate surface area is 89.9 Å². The highest BCUT2D eigenvalue weighted by atomic mass is 16.5. The van der Waals surface area contributed by atoms with Gasteiger partial charge in [0, 0.05) is 5.54 Å². The van der Waals surface area contributed by atoms with Crippen LogP contribution in [0.2, 0.25) is 0 Å². The predicted molar refractivity (Wildman–Crippen MR) is 59.0 cm³/mol. The first kappa shape index (κ1) is 10.3. The molecule has 0 amide bonds. The molecule has 1 fully saturated rings. The fraction of sp³-hybridized carbons (Fsp3) is 0.500. The van der Waals surface area contributed by atoms with Crippen LogP contribution >= 0.6 is 0 Å². The van der Waals surface area contributed by atoms with E-state index in [1.54, 1.807) is 6.07 Å². The van der Waals surface area contributed by atoms with E-state index in [4.69, 9.17) is 10.5 Å². The smallest absolute Gasteiger partial charge is 0.161 e. The van der Waals surface area contributed by atoms with E-state index in [1.165, 1.54) is 6.42 Å². The maximum absolute atomic E-state index is 9.56. The molecular weight excluding hydrogens is 190 g/mol. The number of hydrogen-bond acceptors (Lipinski definition) is 3. The Bertz CT molecular complexity index is 359. The van der Waals surface area contributed by atoms with Crippen molar-refractivity contribution < 1.29 is 9.84 Å². The van der Waals surface area contributed by atoms with Crippen LogP contribution in [0.15, 0.2) is 18.2 Å². The van der Waals surface area contributed by atoms with Crippen molar-refractivity contribution in [2.45, 2.75) is 31.7 Å². The largest absolute Gasteiger partial charge is 0.504 e. The Hall–Kier alpha value is -1.22. The predicted octanol–water partition coefficient (Wildman–Crippen LogP) is 2.13. The highest BCUT2D eigenvalue weighted by molar-refractivity contribution is 5.44. The van der Waals surface area contributed by atoms with E-state index in [1.807, 2.05) is 19.1 Å².